The lowest BCUT2D eigenvalue weighted by Crippen LogP contribution is -2.24. The molecule has 0 aliphatic rings. The molecule has 23 heavy (non-hydrogen) atoms. The third-order valence-electron chi connectivity index (χ3n) is 3.51. The van der Waals surface area contributed by atoms with Crippen molar-refractivity contribution in [1.82, 2.24) is 0 Å². The monoisotopic (exact) mass is 320 g/mol. The molecular weight excluding hydrogens is 292 g/mol. The molecule has 1 aromatic carbocycles. The first kappa shape index (κ1) is 19.2. The molecule has 0 aliphatic carbocycles. The lowest BCUT2D eigenvalue weighted by atomic mass is 9.98. The van der Waals surface area contributed by atoms with E-state index >= 15 is 0 Å². The van der Waals surface area contributed by atoms with Gasteiger partial charge in [-0.1, -0.05) is 26.0 Å². The molecule has 1 aromatic rings. The van der Waals surface area contributed by atoms with Crippen molar-refractivity contribution in [2.75, 3.05) is 6.61 Å². The zero-order valence-electron chi connectivity index (χ0n) is 14.8. The predicted octanol–water partition coefficient (Wildman–Crippen LogP) is 4.48. The Bertz CT molecular complexity index is 511. The van der Waals surface area contributed by atoms with E-state index in [0.29, 0.717) is 17.9 Å². The highest BCUT2D eigenvalue weighted by Gasteiger charge is 2.16. The maximum Gasteiger partial charge on any atom is 0.338 e. The number of carbonyl (C=O) groups is 2. The standard InChI is InChI=1S/C19H28O4/c1-6-14(2)15-9-11-16(12-10-15)18(21)22-13-7-8-17(20)23-19(3,4)5/h9-12,14H,6-8,13H2,1-5H3. The summed E-state index contributed by atoms with van der Waals surface area (Å²) in [6.45, 7) is 9.99. The number of ether oxygens (including phenoxy) is 2. The second-order valence-corrected chi connectivity index (χ2v) is 6.76. The fourth-order valence-electron chi connectivity index (χ4n) is 2.04. The normalized spacial score (nSPS) is 12.6. The summed E-state index contributed by atoms with van der Waals surface area (Å²) in [6.07, 6.45) is 1.78. The Labute approximate surface area is 139 Å². The van der Waals surface area contributed by atoms with Crippen LogP contribution in [0.25, 0.3) is 0 Å². The minimum absolute atomic E-state index is 0.213. The molecule has 0 saturated heterocycles. The maximum absolute atomic E-state index is 11.9. The topological polar surface area (TPSA) is 52.6 Å². The van der Waals surface area contributed by atoms with Crippen LogP contribution in [0, 0.1) is 0 Å². The molecule has 0 N–H and O–H groups in total. The van der Waals surface area contributed by atoms with Crippen molar-refractivity contribution in [2.24, 2.45) is 0 Å². The molecule has 0 saturated carbocycles. The highest BCUT2D eigenvalue weighted by molar-refractivity contribution is 5.89. The predicted molar refractivity (Wildman–Crippen MR) is 90.5 cm³/mol. The van der Waals surface area contributed by atoms with Gasteiger partial charge in [0, 0.05) is 6.42 Å². The van der Waals surface area contributed by atoms with Crippen LogP contribution in [-0.4, -0.2) is 24.1 Å². The zero-order chi connectivity index (χ0) is 17.5. The van der Waals surface area contributed by atoms with Crippen molar-refractivity contribution >= 4 is 11.9 Å². The van der Waals surface area contributed by atoms with Crippen molar-refractivity contribution in [3.8, 4) is 0 Å². The largest absolute Gasteiger partial charge is 0.462 e. The Morgan fingerprint density at radius 2 is 1.74 bits per heavy atom. The summed E-state index contributed by atoms with van der Waals surface area (Å²) in [6, 6.07) is 7.51. The molecule has 1 rings (SSSR count). The first-order valence-electron chi connectivity index (χ1n) is 8.22. The highest BCUT2D eigenvalue weighted by Crippen LogP contribution is 2.19. The third kappa shape index (κ3) is 7.31. The molecule has 0 spiro atoms. The lowest BCUT2D eigenvalue weighted by molar-refractivity contribution is -0.155. The molecule has 0 radical (unpaired) electrons. The van der Waals surface area contributed by atoms with Crippen LogP contribution >= 0.6 is 0 Å². The lowest BCUT2D eigenvalue weighted by Gasteiger charge is -2.19. The van der Waals surface area contributed by atoms with Crippen LogP contribution < -0.4 is 0 Å². The minimum Gasteiger partial charge on any atom is -0.462 e. The van der Waals surface area contributed by atoms with Gasteiger partial charge in [-0.25, -0.2) is 4.79 Å². The van der Waals surface area contributed by atoms with Crippen molar-refractivity contribution in [3.05, 3.63) is 35.4 Å². The molecule has 0 aromatic heterocycles. The first-order valence-corrected chi connectivity index (χ1v) is 8.22. The maximum atomic E-state index is 11.9. The SMILES string of the molecule is CCC(C)c1ccc(C(=O)OCCCC(=O)OC(C)(C)C)cc1. The quantitative estimate of drug-likeness (QED) is 0.549. The number of rotatable bonds is 7. The number of carbonyl (C=O) groups excluding carboxylic acids is 2. The number of benzene rings is 1. The molecule has 0 aliphatic heterocycles. The van der Waals surface area contributed by atoms with E-state index in [0.717, 1.165) is 6.42 Å². The van der Waals surface area contributed by atoms with E-state index in [4.69, 9.17) is 9.47 Å². The molecule has 0 bridgehead atoms. The van der Waals surface area contributed by atoms with Crippen LogP contribution in [0.2, 0.25) is 0 Å². The van der Waals surface area contributed by atoms with Gasteiger partial charge >= 0.3 is 11.9 Å². The van der Waals surface area contributed by atoms with Crippen molar-refractivity contribution < 1.29 is 19.1 Å². The van der Waals surface area contributed by atoms with E-state index in [1.807, 2.05) is 32.9 Å². The van der Waals surface area contributed by atoms with Crippen LogP contribution in [0.4, 0.5) is 0 Å². The van der Waals surface area contributed by atoms with Crippen LogP contribution in [0.3, 0.4) is 0 Å². The molecular formula is C19H28O4. The van der Waals surface area contributed by atoms with E-state index in [2.05, 4.69) is 13.8 Å². The Hall–Kier alpha value is -1.84. The Morgan fingerprint density at radius 1 is 1.13 bits per heavy atom. The van der Waals surface area contributed by atoms with Crippen LogP contribution in [-0.2, 0) is 14.3 Å². The third-order valence-corrected chi connectivity index (χ3v) is 3.51. The van der Waals surface area contributed by atoms with Gasteiger partial charge in [0.15, 0.2) is 0 Å². The average molecular weight is 320 g/mol. The van der Waals surface area contributed by atoms with Crippen molar-refractivity contribution in [3.63, 3.8) is 0 Å². The number of esters is 2. The van der Waals surface area contributed by atoms with Crippen LogP contribution in [0.1, 0.15) is 75.7 Å². The van der Waals surface area contributed by atoms with E-state index in [-0.39, 0.29) is 25.0 Å². The van der Waals surface area contributed by atoms with Gasteiger partial charge in [0.05, 0.1) is 12.2 Å². The molecule has 4 heteroatoms. The molecule has 4 nitrogen and oxygen atoms in total. The summed E-state index contributed by atoms with van der Waals surface area (Å²) in [7, 11) is 0. The molecule has 0 heterocycles. The smallest absolute Gasteiger partial charge is 0.338 e. The summed E-state index contributed by atoms with van der Waals surface area (Å²) in [4.78, 5) is 23.5. The zero-order valence-corrected chi connectivity index (χ0v) is 14.8. The second kappa shape index (κ2) is 8.70. The van der Waals surface area contributed by atoms with Gasteiger partial charge in [-0.3, -0.25) is 4.79 Å². The Balaban J connectivity index is 2.35. The van der Waals surface area contributed by atoms with Gasteiger partial charge in [0.25, 0.3) is 0 Å². The van der Waals surface area contributed by atoms with Gasteiger partial charge < -0.3 is 9.47 Å². The van der Waals surface area contributed by atoms with Gasteiger partial charge in [0.1, 0.15) is 5.60 Å². The minimum atomic E-state index is -0.481. The van der Waals surface area contributed by atoms with Crippen molar-refractivity contribution in [1.29, 1.82) is 0 Å². The van der Waals surface area contributed by atoms with Crippen LogP contribution in [0.15, 0.2) is 24.3 Å². The number of hydrogen-bond acceptors (Lipinski definition) is 4. The van der Waals surface area contributed by atoms with Crippen molar-refractivity contribution in [2.45, 2.75) is 65.4 Å². The van der Waals surface area contributed by atoms with E-state index < -0.39 is 5.60 Å². The van der Waals surface area contributed by atoms with Gasteiger partial charge in [-0.2, -0.15) is 0 Å². The Morgan fingerprint density at radius 3 is 2.26 bits per heavy atom. The number of hydrogen-bond donors (Lipinski definition) is 0. The van der Waals surface area contributed by atoms with Gasteiger partial charge in [0.2, 0.25) is 0 Å². The molecule has 128 valence electrons. The average Bonchev–Trinajstić information content (AvgIpc) is 2.49. The summed E-state index contributed by atoms with van der Waals surface area (Å²) in [5, 5.41) is 0. The summed E-state index contributed by atoms with van der Waals surface area (Å²) in [5.74, 6) is -0.148. The molecule has 0 amide bonds. The first-order chi connectivity index (χ1) is 10.7. The molecule has 0 fully saturated rings. The molecule has 1 atom stereocenters. The Kier molecular flexibility index (Phi) is 7.27. The summed E-state index contributed by atoms with van der Waals surface area (Å²) < 4.78 is 10.4. The van der Waals surface area contributed by atoms with E-state index in [1.165, 1.54) is 5.56 Å². The van der Waals surface area contributed by atoms with E-state index in [1.54, 1.807) is 12.1 Å². The molecule has 1 unspecified atom stereocenters. The fraction of sp³-hybridized carbons (Fsp3) is 0.579. The van der Waals surface area contributed by atoms with Gasteiger partial charge in [-0.15, -0.1) is 0 Å². The highest BCUT2D eigenvalue weighted by atomic mass is 16.6. The van der Waals surface area contributed by atoms with Crippen LogP contribution in [0.5, 0.6) is 0 Å². The van der Waals surface area contributed by atoms with E-state index in [9.17, 15) is 9.59 Å². The fourth-order valence-corrected chi connectivity index (χ4v) is 2.04. The second-order valence-electron chi connectivity index (χ2n) is 6.76. The van der Waals surface area contributed by atoms with Gasteiger partial charge in [-0.05, 0) is 57.2 Å². The summed E-state index contributed by atoms with van der Waals surface area (Å²) in [5.41, 5.74) is 1.27. The summed E-state index contributed by atoms with van der Waals surface area (Å²) >= 11 is 0.